The molecule has 0 unspecified atom stereocenters. The van der Waals surface area contributed by atoms with Crippen LogP contribution in [-0.4, -0.2) is 15.7 Å². The molecule has 3 rings (SSSR count). The maximum Gasteiger partial charge on any atom is 0.342 e. The third kappa shape index (κ3) is 1.15. The van der Waals surface area contributed by atoms with Crippen molar-refractivity contribution in [2.75, 3.05) is 0 Å². The lowest BCUT2D eigenvalue weighted by molar-refractivity contribution is 0.0529. The summed E-state index contributed by atoms with van der Waals surface area (Å²) in [4.78, 5) is 11.2. The molecule has 0 saturated heterocycles. The normalized spacial score (nSPS) is 13.7. The van der Waals surface area contributed by atoms with Crippen molar-refractivity contribution in [3.8, 4) is 5.69 Å². The number of carbonyl (C=O) groups is 1. The van der Waals surface area contributed by atoms with Gasteiger partial charge in [0, 0.05) is 0 Å². The van der Waals surface area contributed by atoms with Crippen molar-refractivity contribution in [1.82, 2.24) is 9.78 Å². The van der Waals surface area contributed by atoms with Gasteiger partial charge in [0.1, 0.15) is 12.2 Å². The summed E-state index contributed by atoms with van der Waals surface area (Å²) in [5.41, 5.74) is 2.34. The standard InChI is InChI=1S/C11H8N2O2/c14-11-9-6-12-13(10(9)7-15-11)8-4-2-1-3-5-8/h1-6H,7H2. The molecule has 1 aromatic heterocycles. The average Bonchev–Trinajstić information content (AvgIpc) is 2.83. The van der Waals surface area contributed by atoms with Crippen LogP contribution in [0.2, 0.25) is 0 Å². The smallest absolute Gasteiger partial charge is 0.342 e. The van der Waals surface area contributed by atoms with E-state index in [9.17, 15) is 4.79 Å². The van der Waals surface area contributed by atoms with Crippen molar-refractivity contribution >= 4 is 5.97 Å². The van der Waals surface area contributed by atoms with E-state index < -0.39 is 0 Å². The number of carbonyl (C=O) groups excluding carboxylic acids is 1. The number of cyclic esters (lactones) is 1. The van der Waals surface area contributed by atoms with Crippen LogP contribution in [0.4, 0.5) is 0 Å². The number of aromatic nitrogens is 2. The van der Waals surface area contributed by atoms with Crippen LogP contribution in [0.5, 0.6) is 0 Å². The number of nitrogens with zero attached hydrogens (tertiary/aromatic N) is 2. The summed E-state index contributed by atoms with van der Waals surface area (Å²) in [5.74, 6) is -0.285. The molecule has 0 amide bonds. The topological polar surface area (TPSA) is 44.1 Å². The van der Waals surface area contributed by atoms with E-state index >= 15 is 0 Å². The first kappa shape index (κ1) is 8.23. The summed E-state index contributed by atoms with van der Waals surface area (Å²) in [6, 6.07) is 9.68. The lowest BCUT2D eigenvalue weighted by Crippen LogP contribution is -2.00. The summed E-state index contributed by atoms with van der Waals surface area (Å²) in [6.07, 6.45) is 1.55. The van der Waals surface area contributed by atoms with Crippen LogP contribution in [0.1, 0.15) is 16.1 Å². The number of hydrogen-bond donors (Lipinski definition) is 0. The molecule has 0 saturated carbocycles. The fourth-order valence-corrected chi connectivity index (χ4v) is 1.69. The molecule has 4 nitrogen and oxygen atoms in total. The summed E-state index contributed by atoms with van der Waals surface area (Å²) < 4.78 is 6.66. The van der Waals surface area contributed by atoms with Crippen molar-refractivity contribution in [2.24, 2.45) is 0 Å². The first-order valence-corrected chi connectivity index (χ1v) is 4.66. The third-order valence-electron chi connectivity index (χ3n) is 2.43. The Morgan fingerprint density at radius 2 is 2.07 bits per heavy atom. The Morgan fingerprint density at radius 3 is 2.87 bits per heavy atom. The third-order valence-corrected chi connectivity index (χ3v) is 2.43. The SMILES string of the molecule is O=C1OCc2c1cnn2-c1ccccc1. The highest BCUT2D eigenvalue weighted by molar-refractivity contribution is 5.92. The Kier molecular flexibility index (Phi) is 1.62. The minimum atomic E-state index is -0.285. The minimum Gasteiger partial charge on any atom is -0.455 e. The number of rotatable bonds is 1. The van der Waals surface area contributed by atoms with Crippen LogP contribution in [0, 0.1) is 0 Å². The Balaban J connectivity index is 2.16. The van der Waals surface area contributed by atoms with Crippen LogP contribution in [0.25, 0.3) is 5.69 Å². The van der Waals surface area contributed by atoms with Crippen LogP contribution in [0.3, 0.4) is 0 Å². The average molecular weight is 200 g/mol. The zero-order chi connectivity index (χ0) is 10.3. The van der Waals surface area contributed by atoms with E-state index in [0.29, 0.717) is 12.2 Å². The lowest BCUT2D eigenvalue weighted by Gasteiger charge is -2.03. The zero-order valence-corrected chi connectivity index (χ0v) is 7.88. The Morgan fingerprint density at radius 1 is 1.27 bits per heavy atom. The molecule has 2 aromatic rings. The molecule has 1 aliphatic rings. The predicted octanol–water partition coefficient (Wildman–Crippen LogP) is 1.54. The zero-order valence-electron chi connectivity index (χ0n) is 7.88. The van der Waals surface area contributed by atoms with Crippen molar-refractivity contribution in [1.29, 1.82) is 0 Å². The van der Waals surface area contributed by atoms with Gasteiger partial charge in [-0.05, 0) is 12.1 Å². The van der Waals surface area contributed by atoms with E-state index in [0.717, 1.165) is 11.4 Å². The number of esters is 1. The fraction of sp³-hybridized carbons (Fsp3) is 0.0909. The largest absolute Gasteiger partial charge is 0.455 e. The molecule has 0 spiro atoms. The number of ether oxygens (including phenoxy) is 1. The van der Waals surface area contributed by atoms with Gasteiger partial charge in [0.05, 0.1) is 17.6 Å². The molecule has 0 atom stereocenters. The van der Waals surface area contributed by atoms with Gasteiger partial charge in [0.15, 0.2) is 0 Å². The summed E-state index contributed by atoms with van der Waals surface area (Å²) in [6.45, 7) is 0.309. The summed E-state index contributed by atoms with van der Waals surface area (Å²) in [7, 11) is 0. The minimum absolute atomic E-state index is 0.285. The van der Waals surface area contributed by atoms with Gasteiger partial charge in [-0.3, -0.25) is 0 Å². The Bertz CT molecular complexity index is 517. The van der Waals surface area contributed by atoms with Crippen LogP contribution in [0.15, 0.2) is 36.5 Å². The van der Waals surface area contributed by atoms with Gasteiger partial charge in [-0.15, -0.1) is 0 Å². The molecule has 2 heterocycles. The molecular formula is C11H8N2O2. The highest BCUT2D eigenvalue weighted by Crippen LogP contribution is 2.21. The molecule has 15 heavy (non-hydrogen) atoms. The van der Waals surface area contributed by atoms with Crippen molar-refractivity contribution < 1.29 is 9.53 Å². The number of hydrogen-bond acceptors (Lipinski definition) is 3. The highest BCUT2D eigenvalue weighted by Gasteiger charge is 2.26. The molecule has 0 aliphatic carbocycles. The maximum atomic E-state index is 11.2. The second-order valence-corrected chi connectivity index (χ2v) is 3.33. The van der Waals surface area contributed by atoms with Crippen molar-refractivity contribution in [3.63, 3.8) is 0 Å². The predicted molar refractivity (Wildman–Crippen MR) is 52.7 cm³/mol. The van der Waals surface area contributed by atoms with Gasteiger partial charge in [-0.1, -0.05) is 18.2 Å². The number of benzene rings is 1. The van der Waals surface area contributed by atoms with Gasteiger partial charge < -0.3 is 4.74 Å². The van der Waals surface area contributed by atoms with E-state index in [1.54, 1.807) is 10.9 Å². The Hall–Kier alpha value is -2.10. The van der Waals surface area contributed by atoms with Crippen LogP contribution in [-0.2, 0) is 11.3 Å². The molecule has 0 fully saturated rings. The molecule has 4 heteroatoms. The lowest BCUT2D eigenvalue weighted by atomic mass is 10.3. The second kappa shape index (κ2) is 2.95. The highest BCUT2D eigenvalue weighted by atomic mass is 16.5. The fourth-order valence-electron chi connectivity index (χ4n) is 1.69. The molecular weight excluding hydrogens is 192 g/mol. The summed E-state index contributed by atoms with van der Waals surface area (Å²) >= 11 is 0. The molecule has 1 aromatic carbocycles. The van der Waals surface area contributed by atoms with Gasteiger partial charge >= 0.3 is 5.97 Å². The second-order valence-electron chi connectivity index (χ2n) is 3.33. The molecule has 74 valence electrons. The van der Waals surface area contributed by atoms with E-state index in [4.69, 9.17) is 4.74 Å². The van der Waals surface area contributed by atoms with Gasteiger partial charge in [-0.2, -0.15) is 5.10 Å². The van der Waals surface area contributed by atoms with E-state index in [-0.39, 0.29) is 5.97 Å². The van der Waals surface area contributed by atoms with Crippen LogP contribution >= 0.6 is 0 Å². The van der Waals surface area contributed by atoms with Gasteiger partial charge in [-0.25, -0.2) is 9.48 Å². The monoisotopic (exact) mass is 200 g/mol. The number of fused-ring (bicyclic) bond motifs is 1. The first-order chi connectivity index (χ1) is 7.36. The van der Waals surface area contributed by atoms with Gasteiger partial charge in [0.25, 0.3) is 0 Å². The Labute approximate surface area is 86.1 Å². The molecule has 0 N–H and O–H groups in total. The summed E-state index contributed by atoms with van der Waals surface area (Å²) in [5, 5.41) is 4.17. The first-order valence-electron chi connectivity index (χ1n) is 4.66. The molecule has 0 radical (unpaired) electrons. The van der Waals surface area contributed by atoms with E-state index in [1.165, 1.54) is 0 Å². The quantitative estimate of drug-likeness (QED) is 0.656. The molecule has 0 bridgehead atoms. The van der Waals surface area contributed by atoms with Gasteiger partial charge in [0.2, 0.25) is 0 Å². The number of para-hydroxylation sites is 1. The van der Waals surface area contributed by atoms with E-state index in [1.807, 2.05) is 30.3 Å². The van der Waals surface area contributed by atoms with Crippen LogP contribution < -0.4 is 0 Å². The maximum absolute atomic E-state index is 11.2. The van der Waals surface area contributed by atoms with Crippen molar-refractivity contribution in [2.45, 2.75) is 6.61 Å². The van der Waals surface area contributed by atoms with Crippen molar-refractivity contribution in [3.05, 3.63) is 47.8 Å². The molecule has 1 aliphatic heterocycles. The van der Waals surface area contributed by atoms with E-state index in [2.05, 4.69) is 5.10 Å².